The average molecular weight is 222 g/mol. The lowest BCUT2D eigenvalue weighted by molar-refractivity contribution is -0.123. The van der Waals surface area contributed by atoms with Gasteiger partial charge in [0.15, 0.2) is 0 Å². The van der Waals surface area contributed by atoms with E-state index >= 15 is 0 Å². The fraction of sp³-hybridized carbons (Fsp3) is 0.636. The minimum Gasteiger partial charge on any atom is -0.354 e. The minimum atomic E-state index is -0.0170. The van der Waals surface area contributed by atoms with E-state index in [9.17, 15) is 4.79 Å². The van der Waals surface area contributed by atoms with Gasteiger partial charge < -0.3 is 15.6 Å². The predicted molar refractivity (Wildman–Crippen MR) is 60.9 cm³/mol. The third-order valence-corrected chi connectivity index (χ3v) is 3.03. The summed E-state index contributed by atoms with van der Waals surface area (Å²) in [7, 11) is 0. The van der Waals surface area contributed by atoms with Crippen LogP contribution in [0.25, 0.3) is 0 Å². The van der Waals surface area contributed by atoms with Crippen LogP contribution in [0.3, 0.4) is 0 Å². The molecule has 0 spiro atoms. The van der Waals surface area contributed by atoms with Gasteiger partial charge in [-0.25, -0.2) is 4.98 Å². The number of aromatic amines is 1. The van der Waals surface area contributed by atoms with E-state index in [-0.39, 0.29) is 11.9 Å². The highest BCUT2D eigenvalue weighted by atomic mass is 16.2. The molecule has 1 aliphatic rings. The number of nitrogens with zero attached hydrogens (tertiary/aromatic N) is 1. The summed E-state index contributed by atoms with van der Waals surface area (Å²) in [5, 5.41) is 6.15. The van der Waals surface area contributed by atoms with Gasteiger partial charge in [0, 0.05) is 25.4 Å². The van der Waals surface area contributed by atoms with Crippen molar-refractivity contribution < 1.29 is 4.79 Å². The van der Waals surface area contributed by atoms with Crippen LogP contribution in [0.2, 0.25) is 0 Å². The summed E-state index contributed by atoms with van der Waals surface area (Å²) < 4.78 is 0. The molecule has 0 saturated carbocycles. The van der Waals surface area contributed by atoms with E-state index in [4.69, 9.17) is 0 Å². The van der Waals surface area contributed by atoms with E-state index in [2.05, 4.69) is 27.5 Å². The molecular formula is C11H18N4O. The van der Waals surface area contributed by atoms with E-state index in [1.165, 1.54) is 0 Å². The first kappa shape index (κ1) is 11.1. The van der Waals surface area contributed by atoms with Gasteiger partial charge in [0.05, 0.1) is 6.04 Å². The van der Waals surface area contributed by atoms with E-state index in [1.54, 1.807) is 12.4 Å². The Balaban J connectivity index is 1.71. The largest absolute Gasteiger partial charge is 0.354 e. The van der Waals surface area contributed by atoms with Gasteiger partial charge in [-0.1, -0.05) is 6.92 Å². The van der Waals surface area contributed by atoms with Crippen LogP contribution < -0.4 is 10.6 Å². The molecule has 16 heavy (non-hydrogen) atoms. The molecule has 3 N–H and O–H groups in total. The molecule has 0 bridgehead atoms. The Morgan fingerprint density at radius 2 is 2.56 bits per heavy atom. The van der Waals surface area contributed by atoms with Gasteiger partial charge in [0.25, 0.3) is 0 Å². The number of amides is 1. The third-order valence-electron chi connectivity index (χ3n) is 3.03. The van der Waals surface area contributed by atoms with Gasteiger partial charge in [-0.3, -0.25) is 4.79 Å². The van der Waals surface area contributed by atoms with Crippen molar-refractivity contribution in [3.8, 4) is 0 Å². The highest BCUT2D eigenvalue weighted by Gasteiger charge is 2.28. The molecule has 1 aromatic heterocycles. The lowest BCUT2D eigenvalue weighted by Crippen LogP contribution is -2.43. The minimum absolute atomic E-state index is 0.0170. The summed E-state index contributed by atoms with van der Waals surface area (Å²) in [4.78, 5) is 18.9. The van der Waals surface area contributed by atoms with Gasteiger partial charge in [0.1, 0.15) is 5.82 Å². The van der Waals surface area contributed by atoms with Gasteiger partial charge in [-0.2, -0.15) is 0 Å². The quantitative estimate of drug-likeness (QED) is 0.675. The van der Waals surface area contributed by atoms with Gasteiger partial charge in [-0.05, 0) is 18.9 Å². The fourth-order valence-corrected chi connectivity index (χ4v) is 2.03. The summed E-state index contributed by atoms with van der Waals surface area (Å²) in [6.45, 7) is 3.69. The van der Waals surface area contributed by atoms with Crippen LogP contribution in [0, 0.1) is 5.92 Å². The van der Waals surface area contributed by atoms with E-state index in [1.807, 2.05) is 0 Å². The number of nitrogens with one attached hydrogen (secondary N) is 3. The molecule has 0 radical (unpaired) electrons. The Bertz CT molecular complexity index is 336. The number of rotatable bonds is 4. The molecular weight excluding hydrogens is 204 g/mol. The lowest BCUT2D eigenvalue weighted by atomic mass is 10.0. The zero-order valence-corrected chi connectivity index (χ0v) is 9.49. The Kier molecular flexibility index (Phi) is 3.56. The first-order valence-electron chi connectivity index (χ1n) is 5.76. The first-order valence-corrected chi connectivity index (χ1v) is 5.76. The maximum Gasteiger partial charge on any atom is 0.237 e. The lowest BCUT2D eigenvalue weighted by Gasteiger charge is -2.14. The maximum atomic E-state index is 11.8. The summed E-state index contributed by atoms with van der Waals surface area (Å²) in [5.41, 5.74) is 0. The van der Waals surface area contributed by atoms with Crippen molar-refractivity contribution in [3.63, 3.8) is 0 Å². The zero-order valence-electron chi connectivity index (χ0n) is 9.49. The van der Waals surface area contributed by atoms with Crippen LogP contribution in [-0.2, 0) is 11.2 Å². The molecule has 2 heterocycles. The molecule has 5 heteroatoms. The monoisotopic (exact) mass is 222 g/mol. The van der Waals surface area contributed by atoms with Crippen LogP contribution >= 0.6 is 0 Å². The zero-order chi connectivity index (χ0) is 11.4. The highest BCUT2D eigenvalue weighted by molar-refractivity contribution is 5.82. The molecule has 1 aliphatic heterocycles. The van der Waals surface area contributed by atoms with Crippen LogP contribution in [0.15, 0.2) is 12.4 Å². The second-order valence-corrected chi connectivity index (χ2v) is 4.27. The van der Waals surface area contributed by atoms with E-state index < -0.39 is 0 Å². The molecule has 5 nitrogen and oxygen atoms in total. The molecule has 2 atom stereocenters. The second-order valence-electron chi connectivity index (χ2n) is 4.27. The van der Waals surface area contributed by atoms with Crippen LogP contribution in [0.4, 0.5) is 0 Å². The van der Waals surface area contributed by atoms with Crippen molar-refractivity contribution >= 4 is 5.91 Å². The number of aromatic nitrogens is 2. The number of imidazole rings is 1. The van der Waals surface area contributed by atoms with E-state index in [0.29, 0.717) is 12.5 Å². The molecule has 1 aromatic rings. The van der Waals surface area contributed by atoms with Crippen LogP contribution in [0.5, 0.6) is 0 Å². The number of hydrogen-bond donors (Lipinski definition) is 3. The van der Waals surface area contributed by atoms with Crippen molar-refractivity contribution in [2.75, 3.05) is 13.1 Å². The van der Waals surface area contributed by atoms with Gasteiger partial charge in [0.2, 0.25) is 5.91 Å². The Morgan fingerprint density at radius 1 is 1.69 bits per heavy atom. The average Bonchev–Trinajstić information content (AvgIpc) is 2.88. The second kappa shape index (κ2) is 5.12. The highest BCUT2D eigenvalue weighted by Crippen LogP contribution is 2.13. The molecule has 1 saturated heterocycles. The number of hydrogen-bond acceptors (Lipinski definition) is 3. The van der Waals surface area contributed by atoms with E-state index in [0.717, 1.165) is 25.2 Å². The van der Waals surface area contributed by atoms with Gasteiger partial charge >= 0.3 is 0 Å². The van der Waals surface area contributed by atoms with Crippen molar-refractivity contribution in [2.45, 2.75) is 25.8 Å². The molecule has 0 aliphatic carbocycles. The number of carbonyl (C=O) groups is 1. The number of H-pyrrole nitrogens is 1. The Morgan fingerprint density at radius 3 is 3.19 bits per heavy atom. The summed E-state index contributed by atoms with van der Waals surface area (Å²) >= 11 is 0. The smallest absolute Gasteiger partial charge is 0.237 e. The normalized spacial score (nSPS) is 24.6. The molecule has 88 valence electrons. The Labute approximate surface area is 95.0 Å². The van der Waals surface area contributed by atoms with Crippen molar-refractivity contribution in [3.05, 3.63) is 18.2 Å². The summed E-state index contributed by atoms with van der Waals surface area (Å²) in [5.74, 6) is 1.45. The van der Waals surface area contributed by atoms with Crippen molar-refractivity contribution in [2.24, 2.45) is 5.92 Å². The SMILES string of the molecule is CC1CCNC1C(=O)NCCc1ncc[nH]1. The van der Waals surface area contributed by atoms with Crippen LogP contribution in [-0.4, -0.2) is 35.0 Å². The van der Waals surface area contributed by atoms with Crippen molar-refractivity contribution in [1.29, 1.82) is 0 Å². The predicted octanol–water partition coefficient (Wildman–Crippen LogP) is 0.0664. The van der Waals surface area contributed by atoms with Crippen LogP contribution in [0.1, 0.15) is 19.2 Å². The van der Waals surface area contributed by atoms with Crippen molar-refractivity contribution in [1.82, 2.24) is 20.6 Å². The topological polar surface area (TPSA) is 69.8 Å². The fourth-order valence-electron chi connectivity index (χ4n) is 2.03. The number of carbonyl (C=O) groups excluding carboxylic acids is 1. The maximum absolute atomic E-state index is 11.8. The molecule has 1 fully saturated rings. The molecule has 1 amide bonds. The molecule has 0 aromatic carbocycles. The first-order chi connectivity index (χ1) is 7.77. The summed E-state index contributed by atoms with van der Waals surface area (Å²) in [6, 6.07) is -0.0170. The summed E-state index contributed by atoms with van der Waals surface area (Å²) in [6.07, 6.45) is 5.34. The Hall–Kier alpha value is -1.36. The third kappa shape index (κ3) is 2.61. The van der Waals surface area contributed by atoms with Gasteiger partial charge in [-0.15, -0.1) is 0 Å². The standard InChI is InChI=1S/C11H18N4O/c1-8-2-4-14-10(8)11(16)15-5-3-9-12-6-7-13-9/h6-8,10,14H,2-5H2,1H3,(H,12,13)(H,15,16). The molecule has 2 rings (SSSR count). The molecule has 2 unspecified atom stereocenters.